The van der Waals surface area contributed by atoms with E-state index in [0.29, 0.717) is 60.1 Å². The molecule has 8 heteroatoms. The molecule has 0 aliphatic carbocycles. The molecular formula is C22H28N2O6. The van der Waals surface area contributed by atoms with Gasteiger partial charge in [0.1, 0.15) is 34.1 Å². The van der Waals surface area contributed by atoms with E-state index in [-0.39, 0.29) is 11.8 Å². The van der Waals surface area contributed by atoms with Gasteiger partial charge in [-0.2, -0.15) is 0 Å². The van der Waals surface area contributed by atoms with E-state index < -0.39 is 0 Å². The van der Waals surface area contributed by atoms with Crippen LogP contribution in [0.5, 0.6) is 23.0 Å². The van der Waals surface area contributed by atoms with E-state index in [4.69, 9.17) is 18.9 Å². The van der Waals surface area contributed by atoms with Gasteiger partial charge in [0.2, 0.25) is 0 Å². The number of rotatable bonds is 11. The minimum Gasteiger partial charge on any atom is -0.496 e. The van der Waals surface area contributed by atoms with Crippen molar-refractivity contribution in [3.05, 3.63) is 47.5 Å². The number of nitrogens with one attached hydrogen (secondary N) is 2. The van der Waals surface area contributed by atoms with Crippen molar-refractivity contribution >= 4 is 11.8 Å². The molecule has 0 saturated heterocycles. The number of amides is 2. The Balaban J connectivity index is 1.82. The van der Waals surface area contributed by atoms with Crippen molar-refractivity contribution in [3.8, 4) is 23.0 Å². The first-order chi connectivity index (χ1) is 14.6. The van der Waals surface area contributed by atoms with E-state index in [0.717, 1.165) is 0 Å². The molecule has 2 aromatic rings. The van der Waals surface area contributed by atoms with Crippen LogP contribution in [0, 0.1) is 0 Å². The zero-order valence-corrected chi connectivity index (χ0v) is 17.7. The van der Waals surface area contributed by atoms with Gasteiger partial charge in [0.05, 0.1) is 28.4 Å². The summed E-state index contributed by atoms with van der Waals surface area (Å²) < 4.78 is 21.0. The van der Waals surface area contributed by atoms with Crippen LogP contribution in [0.4, 0.5) is 0 Å². The second-order valence-corrected chi connectivity index (χ2v) is 6.29. The van der Waals surface area contributed by atoms with Crippen LogP contribution in [0.15, 0.2) is 36.4 Å². The lowest BCUT2D eigenvalue weighted by Gasteiger charge is -2.14. The van der Waals surface area contributed by atoms with Gasteiger partial charge >= 0.3 is 0 Å². The van der Waals surface area contributed by atoms with Gasteiger partial charge in [0, 0.05) is 13.1 Å². The summed E-state index contributed by atoms with van der Waals surface area (Å²) in [5, 5.41) is 5.71. The molecule has 2 aromatic carbocycles. The Morgan fingerprint density at radius 1 is 0.633 bits per heavy atom. The monoisotopic (exact) mass is 416 g/mol. The molecule has 0 saturated carbocycles. The molecule has 2 N–H and O–H groups in total. The Morgan fingerprint density at radius 3 is 1.20 bits per heavy atom. The predicted octanol–water partition coefficient (Wildman–Crippen LogP) is 2.66. The van der Waals surface area contributed by atoms with Gasteiger partial charge in [0.25, 0.3) is 11.8 Å². The molecule has 0 spiro atoms. The van der Waals surface area contributed by atoms with Crippen LogP contribution < -0.4 is 29.6 Å². The fourth-order valence-corrected chi connectivity index (χ4v) is 2.98. The Hall–Kier alpha value is -3.42. The minimum atomic E-state index is -0.271. The highest BCUT2D eigenvalue weighted by atomic mass is 16.5. The Kier molecular flexibility index (Phi) is 8.80. The van der Waals surface area contributed by atoms with Crippen molar-refractivity contribution in [2.75, 3.05) is 41.5 Å². The summed E-state index contributed by atoms with van der Waals surface area (Å²) in [5.41, 5.74) is 0.721. The summed E-state index contributed by atoms with van der Waals surface area (Å²) in [6, 6.07) is 10.3. The van der Waals surface area contributed by atoms with Gasteiger partial charge in [0.15, 0.2) is 0 Å². The maximum atomic E-state index is 12.5. The van der Waals surface area contributed by atoms with Gasteiger partial charge in [-0.1, -0.05) is 12.1 Å². The molecule has 8 nitrogen and oxygen atoms in total. The molecule has 2 amide bonds. The lowest BCUT2D eigenvalue weighted by Crippen LogP contribution is -2.28. The number of ether oxygens (including phenoxy) is 4. The lowest BCUT2D eigenvalue weighted by atomic mass is 10.1. The number of benzene rings is 2. The highest BCUT2D eigenvalue weighted by Crippen LogP contribution is 2.28. The topological polar surface area (TPSA) is 95.1 Å². The van der Waals surface area contributed by atoms with E-state index in [1.165, 1.54) is 28.4 Å². The number of hydrogen-bond donors (Lipinski definition) is 2. The van der Waals surface area contributed by atoms with Crippen molar-refractivity contribution < 1.29 is 28.5 Å². The molecule has 0 aliphatic heterocycles. The van der Waals surface area contributed by atoms with Crippen LogP contribution in [-0.2, 0) is 0 Å². The maximum Gasteiger partial charge on any atom is 0.258 e. The molecule has 0 fully saturated rings. The molecular weight excluding hydrogens is 388 g/mol. The van der Waals surface area contributed by atoms with E-state index in [9.17, 15) is 9.59 Å². The summed E-state index contributed by atoms with van der Waals surface area (Å²) in [7, 11) is 6.02. The van der Waals surface area contributed by atoms with Crippen molar-refractivity contribution in [1.82, 2.24) is 10.6 Å². The molecule has 0 radical (unpaired) electrons. The van der Waals surface area contributed by atoms with Crippen LogP contribution in [0.2, 0.25) is 0 Å². The van der Waals surface area contributed by atoms with E-state index >= 15 is 0 Å². The largest absolute Gasteiger partial charge is 0.496 e. The fourth-order valence-electron chi connectivity index (χ4n) is 2.98. The van der Waals surface area contributed by atoms with Gasteiger partial charge in [-0.15, -0.1) is 0 Å². The zero-order valence-electron chi connectivity index (χ0n) is 17.7. The first-order valence-electron chi connectivity index (χ1n) is 9.55. The van der Waals surface area contributed by atoms with Crippen molar-refractivity contribution in [1.29, 1.82) is 0 Å². The first-order valence-corrected chi connectivity index (χ1v) is 9.55. The second kappa shape index (κ2) is 11.5. The predicted molar refractivity (Wildman–Crippen MR) is 113 cm³/mol. The van der Waals surface area contributed by atoms with Crippen LogP contribution in [-0.4, -0.2) is 53.3 Å². The van der Waals surface area contributed by atoms with Gasteiger partial charge in [-0.3, -0.25) is 9.59 Å². The number of methoxy groups -OCH3 is 4. The van der Waals surface area contributed by atoms with Crippen LogP contribution >= 0.6 is 0 Å². The van der Waals surface area contributed by atoms with Crippen LogP contribution in [0.3, 0.4) is 0 Å². The molecule has 0 aliphatic rings. The van der Waals surface area contributed by atoms with Gasteiger partial charge in [-0.05, 0) is 37.1 Å². The van der Waals surface area contributed by atoms with E-state index in [1.807, 2.05) is 0 Å². The number of hydrogen-bond acceptors (Lipinski definition) is 6. The Morgan fingerprint density at radius 2 is 0.933 bits per heavy atom. The Labute approximate surface area is 176 Å². The number of unbranched alkanes of at least 4 members (excludes halogenated alkanes) is 1. The first kappa shape index (κ1) is 22.9. The normalized spacial score (nSPS) is 10.1. The second-order valence-electron chi connectivity index (χ2n) is 6.29. The minimum absolute atomic E-state index is 0.271. The standard InChI is InChI=1S/C22H28N2O6/c1-27-15-9-7-10-16(28-2)19(15)21(25)23-13-5-6-14-24-22(26)20-17(29-3)11-8-12-18(20)30-4/h7-12H,5-6,13-14H2,1-4H3,(H,23,25)(H,24,26). The molecule has 0 unspecified atom stereocenters. The average Bonchev–Trinajstić information content (AvgIpc) is 2.79. The van der Waals surface area contributed by atoms with Crippen LogP contribution in [0.25, 0.3) is 0 Å². The van der Waals surface area contributed by atoms with Crippen molar-refractivity contribution in [3.63, 3.8) is 0 Å². The molecule has 30 heavy (non-hydrogen) atoms. The fraction of sp³-hybridized carbons (Fsp3) is 0.364. The summed E-state index contributed by atoms with van der Waals surface area (Å²) in [5.74, 6) is 1.25. The molecule has 162 valence electrons. The third-order valence-electron chi connectivity index (χ3n) is 4.48. The molecule has 0 bridgehead atoms. The highest BCUT2D eigenvalue weighted by molar-refractivity contribution is 6.00. The molecule has 0 atom stereocenters. The third kappa shape index (κ3) is 5.56. The van der Waals surface area contributed by atoms with E-state index in [1.54, 1.807) is 36.4 Å². The van der Waals surface area contributed by atoms with Gasteiger partial charge < -0.3 is 29.6 Å². The van der Waals surface area contributed by atoms with Gasteiger partial charge in [-0.25, -0.2) is 0 Å². The average molecular weight is 416 g/mol. The molecule has 0 aromatic heterocycles. The number of carbonyl (C=O) groups is 2. The lowest BCUT2D eigenvalue weighted by molar-refractivity contribution is 0.0932. The highest BCUT2D eigenvalue weighted by Gasteiger charge is 2.18. The molecule has 2 rings (SSSR count). The SMILES string of the molecule is COc1cccc(OC)c1C(=O)NCCCCNC(=O)c1c(OC)cccc1OC. The number of carbonyl (C=O) groups excluding carboxylic acids is 2. The van der Waals surface area contributed by atoms with E-state index in [2.05, 4.69) is 10.6 Å². The van der Waals surface area contributed by atoms with Crippen LogP contribution in [0.1, 0.15) is 33.6 Å². The third-order valence-corrected chi connectivity index (χ3v) is 4.48. The van der Waals surface area contributed by atoms with Crippen molar-refractivity contribution in [2.45, 2.75) is 12.8 Å². The Bertz CT molecular complexity index is 753. The maximum absolute atomic E-state index is 12.5. The summed E-state index contributed by atoms with van der Waals surface area (Å²) >= 11 is 0. The molecule has 0 heterocycles. The summed E-state index contributed by atoms with van der Waals surface area (Å²) in [4.78, 5) is 25.0. The quantitative estimate of drug-likeness (QED) is 0.547. The van der Waals surface area contributed by atoms with Crippen molar-refractivity contribution in [2.24, 2.45) is 0 Å². The summed E-state index contributed by atoms with van der Waals surface area (Å²) in [6.07, 6.45) is 1.37. The zero-order chi connectivity index (χ0) is 21.9. The summed E-state index contributed by atoms with van der Waals surface area (Å²) in [6.45, 7) is 0.905. The smallest absolute Gasteiger partial charge is 0.258 e.